The fraction of sp³-hybridized carbons (Fsp3) is 1.00. The second-order valence-corrected chi connectivity index (χ2v) is 5.39. The molecule has 0 saturated heterocycles. The summed E-state index contributed by atoms with van der Waals surface area (Å²) in [6.45, 7) is 0. The van der Waals surface area contributed by atoms with E-state index in [1.54, 1.807) is 0 Å². The highest BCUT2D eigenvalue weighted by Gasteiger charge is 2.37. The van der Waals surface area contributed by atoms with Gasteiger partial charge in [0.1, 0.15) is 0 Å². The van der Waals surface area contributed by atoms with Gasteiger partial charge in [0.25, 0.3) is 0 Å². The maximum Gasteiger partial charge on any atom is 0.397 e. The highest BCUT2D eigenvalue weighted by molar-refractivity contribution is 7.80. The average molecular weight is 305 g/mol. The molecule has 0 aliphatic heterocycles. The first-order chi connectivity index (χ1) is 7.95. The van der Waals surface area contributed by atoms with Crippen molar-refractivity contribution in [3.63, 3.8) is 0 Å². The van der Waals surface area contributed by atoms with Crippen molar-refractivity contribution in [3.05, 3.63) is 0 Å². The Morgan fingerprint density at radius 2 is 1.22 bits per heavy atom. The summed E-state index contributed by atoms with van der Waals surface area (Å²) in [4.78, 5) is 6.00. The van der Waals surface area contributed by atoms with Crippen LogP contribution in [0.15, 0.2) is 0 Å². The van der Waals surface area contributed by atoms with Crippen molar-refractivity contribution in [2.45, 2.75) is 5.97 Å². The Balaban J connectivity index is 0. The zero-order chi connectivity index (χ0) is 15.1. The van der Waals surface area contributed by atoms with Crippen LogP contribution in [0.3, 0.4) is 0 Å². The monoisotopic (exact) mass is 305 g/mol. The molecule has 1 atom stereocenters. The molecule has 8 nitrogen and oxygen atoms in total. The molecule has 0 aliphatic rings. The van der Waals surface area contributed by atoms with Gasteiger partial charge >= 0.3 is 10.4 Å². The minimum atomic E-state index is -4.16. The van der Waals surface area contributed by atoms with Gasteiger partial charge in [0.2, 0.25) is 5.97 Å². The van der Waals surface area contributed by atoms with E-state index in [0.717, 1.165) is 7.11 Å². The fourth-order valence-corrected chi connectivity index (χ4v) is 2.15. The molecule has 0 aromatic heterocycles. The highest BCUT2D eigenvalue weighted by Crippen LogP contribution is 2.22. The van der Waals surface area contributed by atoms with Crippen LogP contribution in [0.5, 0.6) is 0 Å². The Bertz CT molecular complexity index is 299. The molecule has 0 amide bonds. The van der Waals surface area contributed by atoms with Crippen LogP contribution in [-0.4, -0.2) is 83.0 Å². The maximum atomic E-state index is 9.33. The number of rotatable bonds is 5. The van der Waals surface area contributed by atoms with E-state index in [1.807, 2.05) is 57.0 Å². The van der Waals surface area contributed by atoms with Crippen LogP contribution in [-0.2, 0) is 19.1 Å². The van der Waals surface area contributed by atoms with Gasteiger partial charge in [-0.2, -0.15) is 8.42 Å². The molecule has 0 saturated carbocycles. The van der Waals surface area contributed by atoms with E-state index in [-0.39, 0.29) is 0 Å². The Morgan fingerprint density at radius 1 is 1.00 bits per heavy atom. The first-order valence-electron chi connectivity index (χ1n) is 4.88. The van der Waals surface area contributed by atoms with Gasteiger partial charge < -0.3 is 4.52 Å². The fourth-order valence-electron chi connectivity index (χ4n) is 1.52. The van der Waals surface area contributed by atoms with Crippen LogP contribution in [0.25, 0.3) is 0 Å². The van der Waals surface area contributed by atoms with Gasteiger partial charge in [0.05, 0.1) is 7.11 Å². The SMILES string of the molecule is CN(C)C(OP)(N(C)C)N(C)C.COS(=O)(=O)O. The molecular weight excluding hydrogens is 281 g/mol. The van der Waals surface area contributed by atoms with Gasteiger partial charge in [-0.05, 0) is 42.3 Å². The Labute approximate surface area is 112 Å². The standard InChI is InChI=1S/C7H20N3OP.CH4O4S/c1-8(2)7(11-12,9(3)4)10(5)6;1-5-6(2,3)4/h12H2,1-6H3;1H3,(H,2,3,4). The Hall–Kier alpha value is 0.140. The first kappa shape index (κ1) is 20.5. The van der Waals surface area contributed by atoms with Crippen molar-refractivity contribution in [1.29, 1.82) is 0 Å². The van der Waals surface area contributed by atoms with Gasteiger partial charge in [0.15, 0.2) is 0 Å². The lowest BCUT2D eigenvalue weighted by Crippen LogP contribution is -2.64. The molecule has 0 fully saturated rings. The summed E-state index contributed by atoms with van der Waals surface area (Å²) < 4.78 is 35.1. The van der Waals surface area contributed by atoms with Crippen LogP contribution in [0.1, 0.15) is 0 Å². The molecule has 0 bridgehead atoms. The molecule has 0 rings (SSSR count). The Morgan fingerprint density at radius 3 is 1.22 bits per heavy atom. The molecule has 1 N–H and O–H groups in total. The zero-order valence-corrected chi connectivity index (χ0v) is 13.9. The Kier molecular flexibility index (Phi) is 9.48. The molecule has 0 aromatic rings. The zero-order valence-electron chi connectivity index (χ0n) is 11.9. The van der Waals surface area contributed by atoms with E-state index in [1.165, 1.54) is 0 Å². The van der Waals surface area contributed by atoms with E-state index < -0.39 is 16.4 Å². The number of hydrogen-bond acceptors (Lipinski definition) is 7. The lowest BCUT2D eigenvalue weighted by atomic mass is 10.5. The third-order valence-corrected chi connectivity index (χ3v) is 2.85. The summed E-state index contributed by atoms with van der Waals surface area (Å²) in [5.74, 6) is -0.495. The predicted octanol–water partition coefficient (Wildman–Crippen LogP) is -0.475. The third kappa shape index (κ3) is 6.35. The summed E-state index contributed by atoms with van der Waals surface area (Å²) >= 11 is 0. The quantitative estimate of drug-likeness (QED) is 0.414. The topological polar surface area (TPSA) is 82.5 Å². The van der Waals surface area contributed by atoms with Gasteiger partial charge in [-0.25, -0.2) is 0 Å². The predicted molar refractivity (Wildman–Crippen MR) is 73.1 cm³/mol. The summed E-state index contributed by atoms with van der Waals surface area (Å²) in [5, 5.41) is 0. The minimum absolute atomic E-state index is 0.495. The summed E-state index contributed by atoms with van der Waals surface area (Å²) in [6.07, 6.45) is 0. The molecule has 18 heavy (non-hydrogen) atoms. The third-order valence-electron chi connectivity index (χ3n) is 2.12. The molecule has 112 valence electrons. The lowest BCUT2D eigenvalue weighted by molar-refractivity contribution is -0.238. The molecular formula is C8H24N3O5PS. The van der Waals surface area contributed by atoms with Crippen molar-refractivity contribution in [2.24, 2.45) is 0 Å². The first-order valence-corrected chi connectivity index (χ1v) is 6.72. The van der Waals surface area contributed by atoms with Crippen LogP contribution in [0, 0.1) is 0 Å². The smallest absolute Gasteiger partial charge is 0.318 e. The van der Waals surface area contributed by atoms with Gasteiger partial charge in [0, 0.05) is 9.47 Å². The maximum absolute atomic E-state index is 9.33. The van der Waals surface area contributed by atoms with Crippen molar-refractivity contribution in [3.8, 4) is 0 Å². The van der Waals surface area contributed by atoms with Crippen LogP contribution in [0.2, 0.25) is 0 Å². The van der Waals surface area contributed by atoms with E-state index in [0.29, 0.717) is 0 Å². The molecule has 0 aromatic carbocycles. The normalized spacial score (nSPS) is 12.9. The van der Waals surface area contributed by atoms with Crippen molar-refractivity contribution < 1.29 is 21.7 Å². The molecule has 10 heteroatoms. The van der Waals surface area contributed by atoms with Crippen molar-refractivity contribution in [1.82, 2.24) is 14.7 Å². The van der Waals surface area contributed by atoms with Gasteiger partial charge in [-0.15, -0.1) is 0 Å². The minimum Gasteiger partial charge on any atom is -0.318 e. The molecule has 0 aliphatic carbocycles. The summed E-state index contributed by atoms with van der Waals surface area (Å²) in [5.41, 5.74) is 0. The second-order valence-electron chi connectivity index (χ2n) is 3.97. The molecule has 0 heterocycles. The average Bonchev–Trinajstić information content (AvgIpc) is 2.17. The van der Waals surface area contributed by atoms with E-state index in [9.17, 15) is 8.42 Å². The van der Waals surface area contributed by atoms with E-state index in [2.05, 4.69) is 13.6 Å². The van der Waals surface area contributed by atoms with Gasteiger partial charge in [-0.3, -0.25) is 23.4 Å². The lowest BCUT2D eigenvalue weighted by Gasteiger charge is -2.47. The largest absolute Gasteiger partial charge is 0.397 e. The van der Waals surface area contributed by atoms with Crippen molar-refractivity contribution in [2.75, 3.05) is 49.4 Å². The van der Waals surface area contributed by atoms with E-state index >= 15 is 0 Å². The van der Waals surface area contributed by atoms with Crippen molar-refractivity contribution >= 4 is 19.9 Å². The highest BCUT2D eigenvalue weighted by atomic mass is 32.3. The molecule has 0 spiro atoms. The summed E-state index contributed by atoms with van der Waals surface area (Å²) in [6, 6.07) is 0. The van der Waals surface area contributed by atoms with Crippen LogP contribution < -0.4 is 0 Å². The summed E-state index contributed by atoms with van der Waals surface area (Å²) in [7, 11) is 10.9. The molecule has 0 radical (unpaired) electrons. The van der Waals surface area contributed by atoms with Crippen LogP contribution in [0.4, 0.5) is 0 Å². The van der Waals surface area contributed by atoms with E-state index in [4.69, 9.17) is 9.08 Å². The number of nitrogens with zero attached hydrogens (tertiary/aromatic N) is 3. The number of hydrogen-bond donors (Lipinski definition) is 1. The van der Waals surface area contributed by atoms with Crippen LogP contribution >= 0.6 is 9.47 Å². The molecule has 1 unspecified atom stereocenters. The van der Waals surface area contributed by atoms with Gasteiger partial charge in [-0.1, -0.05) is 0 Å². The second kappa shape index (κ2) is 8.34.